The third-order valence-corrected chi connectivity index (χ3v) is 7.97. The van der Waals surface area contributed by atoms with Gasteiger partial charge in [-0.2, -0.15) is 0 Å². The highest BCUT2D eigenvalue weighted by atomic mass is 32.2. The van der Waals surface area contributed by atoms with Gasteiger partial charge in [-0.15, -0.1) is 34.4 Å². The molecule has 1 saturated heterocycles. The van der Waals surface area contributed by atoms with Crippen molar-refractivity contribution in [3.8, 4) is 0 Å². The Morgan fingerprint density at radius 2 is 2.17 bits per heavy atom. The fourth-order valence-electron chi connectivity index (χ4n) is 3.58. The van der Waals surface area contributed by atoms with Gasteiger partial charge in [-0.3, -0.25) is 15.0 Å². The van der Waals surface area contributed by atoms with Gasteiger partial charge in [0.1, 0.15) is 0 Å². The van der Waals surface area contributed by atoms with E-state index in [1.807, 2.05) is 24.3 Å². The Morgan fingerprint density at radius 3 is 3.00 bits per heavy atom. The predicted molar refractivity (Wildman–Crippen MR) is 124 cm³/mol. The lowest BCUT2D eigenvalue weighted by Gasteiger charge is -2.30. The van der Waals surface area contributed by atoms with Crippen LogP contribution in [0.4, 0.5) is 5.13 Å². The maximum absolute atomic E-state index is 12.9. The lowest BCUT2D eigenvalue weighted by atomic mass is 10.0. The Bertz CT molecular complexity index is 938. The van der Waals surface area contributed by atoms with Gasteiger partial charge in [0.2, 0.25) is 0 Å². The number of nitrogens with zero attached hydrogens (tertiary/aromatic N) is 2. The minimum absolute atomic E-state index is 0.0909. The zero-order valence-corrected chi connectivity index (χ0v) is 18.9. The number of carbonyl (C=O) groups is 1. The number of thiazole rings is 1. The van der Waals surface area contributed by atoms with Crippen molar-refractivity contribution in [2.24, 2.45) is 5.92 Å². The van der Waals surface area contributed by atoms with Gasteiger partial charge in [0.05, 0.1) is 11.3 Å². The number of benzene rings is 1. The summed E-state index contributed by atoms with van der Waals surface area (Å²) in [6.07, 6.45) is 2.58. The average Bonchev–Trinajstić information content (AvgIpc) is 3.39. The molecule has 1 unspecified atom stereocenters. The molecule has 7 heteroatoms. The lowest BCUT2D eigenvalue weighted by Crippen LogP contribution is -2.33. The highest BCUT2D eigenvalue weighted by Gasteiger charge is 2.18. The van der Waals surface area contributed by atoms with E-state index in [0.717, 1.165) is 41.9 Å². The van der Waals surface area contributed by atoms with Crippen LogP contribution in [0.3, 0.4) is 0 Å². The number of nitrogens with one attached hydrogen (secondary N) is 1. The van der Waals surface area contributed by atoms with Crippen molar-refractivity contribution in [1.82, 2.24) is 9.88 Å². The van der Waals surface area contributed by atoms with E-state index < -0.39 is 0 Å². The molecule has 29 heavy (non-hydrogen) atoms. The van der Waals surface area contributed by atoms with E-state index in [-0.39, 0.29) is 5.91 Å². The van der Waals surface area contributed by atoms with Gasteiger partial charge < -0.3 is 0 Å². The fraction of sp³-hybridized carbons (Fsp3) is 0.364. The number of hydrogen-bond donors (Lipinski definition) is 1. The van der Waals surface area contributed by atoms with Crippen LogP contribution in [0.1, 0.15) is 40.7 Å². The number of piperidine rings is 1. The SMILES string of the molecule is CC1CCCN(Cc2csc(NC(=O)c3ccccc3SCc3cccs3)n2)C1. The summed E-state index contributed by atoms with van der Waals surface area (Å²) < 4.78 is 0. The molecule has 4 nitrogen and oxygen atoms in total. The molecule has 2 aromatic heterocycles. The van der Waals surface area contributed by atoms with Crippen LogP contribution in [0.5, 0.6) is 0 Å². The molecule has 1 atom stereocenters. The third kappa shape index (κ3) is 5.69. The quantitative estimate of drug-likeness (QED) is 0.456. The van der Waals surface area contributed by atoms with E-state index in [1.54, 1.807) is 23.1 Å². The first-order valence-electron chi connectivity index (χ1n) is 9.89. The fourth-order valence-corrected chi connectivity index (χ4v) is 6.10. The van der Waals surface area contributed by atoms with Gasteiger partial charge in [0.15, 0.2) is 5.13 Å². The van der Waals surface area contributed by atoms with Gasteiger partial charge >= 0.3 is 0 Å². The summed E-state index contributed by atoms with van der Waals surface area (Å²) in [6, 6.07) is 12.0. The zero-order valence-electron chi connectivity index (χ0n) is 16.5. The van der Waals surface area contributed by atoms with Crippen LogP contribution in [-0.2, 0) is 12.3 Å². The second-order valence-electron chi connectivity index (χ2n) is 7.44. The smallest absolute Gasteiger partial charge is 0.258 e. The van der Waals surface area contributed by atoms with Crippen molar-refractivity contribution in [1.29, 1.82) is 0 Å². The zero-order chi connectivity index (χ0) is 20.1. The topological polar surface area (TPSA) is 45.2 Å². The Kier molecular flexibility index (Phi) is 7.02. The molecule has 1 N–H and O–H groups in total. The van der Waals surface area contributed by atoms with E-state index in [2.05, 4.69) is 45.0 Å². The average molecular weight is 444 g/mol. The highest BCUT2D eigenvalue weighted by molar-refractivity contribution is 7.98. The molecule has 1 amide bonds. The van der Waals surface area contributed by atoms with Gasteiger partial charge in [0, 0.05) is 34.0 Å². The molecule has 4 rings (SSSR count). The molecule has 1 fully saturated rings. The number of thioether (sulfide) groups is 1. The Hall–Kier alpha value is -1.67. The first-order chi connectivity index (χ1) is 14.2. The Balaban J connectivity index is 1.37. The molecule has 0 bridgehead atoms. The van der Waals surface area contributed by atoms with Crippen molar-refractivity contribution < 1.29 is 4.79 Å². The molecule has 1 aliphatic heterocycles. The number of anilines is 1. The number of hydrogen-bond acceptors (Lipinski definition) is 6. The van der Waals surface area contributed by atoms with Crippen LogP contribution in [0.25, 0.3) is 0 Å². The highest BCUT2D eigenvalue weighted by Crippen LogP contribution is 2.29. The van der Waals surface area contributed by atoms with Crippen molar-refractivity contribution >= 4 is 45.5 Å². The summed E-state index contributed by atoms with van der Waals surface area (Å²) in [5.41, 5.74) is 1.75. The molecule has 0 radical (unpaired) electrons. The molecule has 1 aromatic carbocycles. The summed E-state index contributed by atoms with van der Waals surface area (Å²) in [7, 11) is 0. The van der Waals surface area contributed by atoms with E-state index >= 15 is 0 Å². The minimum Gasteiger partial charge on any atom is -0.298 e. The molecular weight excluding hydrogens is 418 g/mol. The molecule has 0 aliphatic carbocycles. The second-order valence-corrected chi connectivity index (χ2v) is 10.4. The number of amides is 1. The van der Waals surface area contributed by atoms with Crippen molar-refractivity contribution in [3.05, 3.63) is 63.3 Å². The molecular formula is C22H25N3OS3. The van der Waals surface area contributed by atoms with Crippen LogP contribution in [0, 0.1) is 5.92 Å². The molecule has 1 aliphatic rings. The summed E-state index contributed by atoms with van der Waals surface area (Å²) in [5.74, 6) is 1.54. The van der Waals surface area contributed by atoms with Crippen molar-refractivity contribution in [2.45, 2.75) is 37.0 Å². The molecule has 3 heterocycles. The summed E-state index contributed by atoms with van der Waals surface area (Å²) in [5, 5.41) is 7.82. The lowest BCUT2D eigenvalue weighted by molar-refractivity contribution is 0.102. The predicted octanol–water partition coefficient (Wildman–Crippen LogP) is 5.98. The van der Waals surface area contributed by atoms with Crippen molar-refractivity contribution in [3.63, 3.8) is 0 Å². The summed E-state index contributed by atoms with van der Waals surface area (Å²) >= 11 is 4.94. The standard InChI is InChI=1S/C22H25N3OS3/c1-16-6-4-10-25(12-16)13-17-14-29-22(23-17)24-21(26)19-8-2-3-9-20(19)28-15-18-7-5-11-27-18/h2-3,5,7-9,11,14,16H,4,6,10,12-13,15H2,1H3,(H,23,24,26). The van der Waals surface area contributed by atoms with Crippen molar-refractivity contribution in [2.75, 3.05) is 18.4 Å². The summed E-state index contributed by atoms with van der Waals surface area (Å²) in [6.45, 7) is 5.45. The van der Waals surface area contributed by atoms with Crippen LogP contribution < -0.4 is 5.32 Å². The van der Waals surface area contributed by atoms with Crippen LogP contribution in [-0.4, -0.2) is 28.9 Å². The number of rotatable bonds is 7. The largest absolute Gasteiger partial charge is 0.298 e. The van der Waals surface area contributed by atoms with E-state index in [0.29, 0.717) is 10.7 Å². The monoisotopic (exact) mass is 443 g/mol. The van der Waals surface area contributed by atoms with Gasteiger partial charge in [-0.1, -0.05) is 25.1 Å². The second kappa shape index (κ2) is 9.89. The van der Waals surface area contributed by atoms with Gasteiger partial charge in [-0.25, -0.2) is 4.98 Å². The molecule has 152 valence electrons. The van der Waals surface area contributed by atoms with Crippen LogP contribution in [0.2, 0.25) is 0 Å². The van der Waals surface area contributed by atoms with Gasteiger partial charge in [0.25, 0.3) is 5.91 Å². The molecule has 0 spiro atoms. The van der Waals surface area contributed by atoms with Crippen LogP contribution in [0.15, 0.2) is 52.1 Å². The third-order valence-electron chi connectivity index (χ3n) is 4.98. The Labute approximate surface area is 184 Å². The first-order valence-corrected chi connectivity index (χ1v) is 12.6. The molecule has 0 saturated carbocycles. The van der Waals surface area contributed by atoms with Gasteiger partial charge in [-0.05, 0) is 48.9 Å². The number of likely N-dealkylation sites (tertiary alicyclic amines) is 1. The first kappa shape index (κ1) is 20.6. The van der Waals surface area contributed by atoms with Crippen LogP contribution >= 0.6 is 34.4 Å². The normalized spacial score (nSPS) is 17.3. The molecule has 3 aromatic rings. The maximum Gasteiger partial charge on any atom is 0.258 e. The van der Waals surface area contributed by atoms with E-state index in [1.165, 1.54) is 29.1 Å². The number of thiophene rings is 1. The van der Waals surface area contributed by atoms with E-state index in [4.69, 9.17) is 0 Å². The maximum atomic E-state index is 12.9. The Morgan fingerprint density at radius 1 is 1.28 bits per heavy atom. The number of carbonyl (C=O) groups excluding carboxylic acids is 1. The number of aromatic nitrogens is 1. The minimum atomic E-state index is -0.0909. The summed E-state index contributed by atoms with van der Waals surface area (Å²) in [4.78, 5) is 22.3. The van der Waals surface area contributed by atoms with E-state index in [9.17, 15) is 4.79 Å².